The fourth-order valence-electron chi connectivity index (χ4n) is 1.72. The molecule has 2 aromatic rings. The van der Waals surface area contributed by atoms with Gasteiger partial charge in [-0.2, -0.15) is 0 Å². The Morgan fingerprint density at radius 1 is 1.11 bits per heavy atom. The molecule has 0 spiro atoms. The van der Waals surface area contributed by atoms with E-state index >= 15 is 0 Å². The van der Waals surface area contributed by atoms with E-state index in [2.05, 4.69) is 4.98 Å². The van der Waals surface area contributed by atoms with Gasteiger partial charge in [0.25, 0.3) is 0 Å². The highest BCUT2D eigenvalue weighted by molar-refractivity contribution is 6.35. The van der Waals surface area contributed by atoms with E-state index in [-0.39, 0.29) is 6.04 Å². The number of hydrogen-bond acceptors (Lipinski definition) is 2. The van der Waals surface area contributed by atoms with Crippen LogP contribution in [0.4, 0.5) is 0 Å². The third-order valence-corrected chi connectivity index (χ3v) is 3.56. The van der Waals surface area contributed by atoms with Crippen molar-refractivity contribution in [3.63, 3.8) is 0 Å². The standard InChI is InChI=1S/C13H11Cl3N2/c14-9-2-1-8(11(15)6-9)5-13(17)10-3-4-18-7-12(10)16/h1-4,6-7,13H,5,17H2. The molecule has 0 radical (unpaired) electrons. The van der Waals surface area contributed by atoms with E-state index in [4.69, 9.17) is 40.5 Å². The lowest BCUT2D eigenvalue weighted by Crippen LogP contribution is -2.14. The summed E-state index contributed by atoms with van der Waals surface area (Å²) in [6.45, 7) is 0. The summed E-state index contributed by atoms with van der Waals surface area (Å²) < 4.78 is 0. The van der Waals surface area contributed by atoms with Crippen molar-refractivity contribution in [1.82, 2.24) is 4.98 Å². The van der Waals surface area contributed by atoms with Crippen molar-refractivity contribution in [2.45, 2.75) is 12.5 Å². The molecule has 0 aliphatic carbocycles. The van der Waals surface area contributed by atoms with Gasteiger partial charge in [-0.3, -0.25) is 4.98 Å². The number of nitrogens with zero attached hydrogens (tertiary/aromatic N) is 1. The van der Waals surface area contributed by atoms with E-state index in [1.54, 1.807) is 24.5 Å². The van der Waals surface area contributed by atoms with Gasteiger partial charge in [0.15, 0.2) is 0 Å². The molecule has 1 unspecified atom stereocenters. The summed E-state index contributed by atoms with van der Waals surface area (Å²) in [6, 6.07) is 6.97. The molecular weight excluding hydrogens is 291 g/mol. The second-order valence-corrected chi connectivity index (χ2v) is 5.19. The van der Waals surface area contributed by atoms with Crippen LogP contribution in [0.2, 0.25) is 15.1 Å². The fourth-order valence-corrected chi connectivity index (χ4v) is 2.47. The van der Waals surface area contributed by atoms with Crippen LogP contribution >= 0.6 is 34.8 Å². The van der Waals surface area contributed by atoms with Gasteiger partial charge in [-0.05, 0) is 35.7 Å². The van der Waals surface area contributed by atoms with Crippen molar-refractivity contribution in [1.29, 1.82) is 0 Å². The van der Waals surface area contributed by atoms with Crippen LogP contribution in [0, 0.1) is 0 Å². The largest absolute Gasteiger partial charge is 0.324 e. The van der Waals surface area contributed by atoms with Gasteiger partial charge in [-0.15, -0.1) is 0 Å². The highest BCUT2D eigenvalue weighted by atomic mass is 35.5. The van der Waals surface area contributed by atoms with Crippen LogP contribution in [0.5, 0.6) is 0 Å². The number of aromatic nitrogens is 1. The monoisotopic (exact) mass is 300 g/mol. The molecule has 1 aromatic carbocycles. The fraction of sp³-hybridized carbons (Fsp3) is 0.154. The molecule has 0 aliphatic heterocycles. The third-order valence-electron chi connectivity index (χ3n) is 2.66. The molecular formula is C13H11Cl3N2. The van der Waals surface area contributed by atoms with Crippen LogP contribution in [0.15, 0.2) is 36.7 Å². The van der Waals surface area contributed by atoms with Gasteiger partial charge in [-0.1, -0.05) is 40.9 Å². The van der Waals surface area contributed by atoms with Crippen molar-refractivity contribution in [2.24, 2.45) is 5.73 Å². The summed E-state index contributed by atoms with van der Waals surface area (Å²) in [4.78, 5) is 3.93. The molecule has 5 heteroatoms. The predicted octanol–water partition coefficient (Wildman–Crippen LogP) is 4.28. The van der Waals surface area contributed by atoms with Gasteiger partial charge < -0.3 is 5.73 Å². The Hall–Kier alpha value is -0.800. The number of halogens is 3. The molecule has 0 fully saturated rings. The molecule has 2 nitrogen and oxygen atoms in total. The number of nitrogens with two attached hydrogens (primary N) is 1. The van der Waals surface area contributed by atoms with Crippen molar-refractivity contribution in [2.75, 3.05) is 0 Å². The average molecular weight is 302 g/mol. The van der Waals surface area contributed by atoms with E-state index in [0.717, 1.165) is 11.1 Å². The lowest BCUT2D eigenvalue weighted by molar-refractivity contribution is 0.721. The maximum absolute atomic E-state index is 6.13. The molecule has 1 heterocycles. The third kappa shape index (κ3) is 3.15. The molecule has 0 bridgehead atoms. The second-order valence-electron chi connectivity index (χ2n) is 3.94. The van der Waals surface area contributed by atoms with Crippen LogP contribution in [-0.2, 0) is 6.42 Å². The summed E-state index contributed by atoms with van der Waals surface area (Å²) in [5, 5.41) is 1.79. The Bertz CT molecular complexity index is 558. The molecule has 0 amide bonds. The summed E-state index contributed by atoms with van der Waals surface area (Å²) in [7, 11) is 0. The molecule has 2 rings (SSSR count). The van der Waals surface area contributed by atoms with E-state index in [0.29, 0.717) is 21.5 Å². The van der Waals surface area contributed by atoms with Crippen LogP contribution in [-0.4, -0.2) is 4.98 Å². The molecule has 18 heavy (non-hydrogen) atoms. The SMILES string of the molecule is NC(Cc1ccc(Cl)cc1Cl)c1ccncc1Cl. The summed E-state index contributed by atoms with van der Waals surface area (Å²) in [5.41, 5.74) is 7.94. The van der Waals surface area contributed by atoms with Crippen molar-refractivity contribution >= 4 is 34.8 Å². The number of benzene rings is 1. The van der Waals surface area contributed by atoms with Gasteiger partial charge in [0.2, 0.25) is 0 Å². The molecule has 1 atom stereocenters. The van der Waals surface area contributed by atoms with Gasteiger partial charge in [0.05, 0.1) is 5.02 Å². The number of pyridine rings is 1. The normalized spacial score (nSPS) is 12.4. The first-order chi connectivity index (χ1) is 8.58. The van der Waals surface area contributed by atoms with Crippen molar-refractivity contribution < 1.29 is 0 Å². The maximum atomic E-state index is 6.13. The second kappa shape index (κ2) is 5.89. The highest BCUT2D eigenvalue weighted by Crippen LogP contribution is 2.27. The molecule has 0 saturated carbocycles. The summed E-state index contributed by atoms with van der Waals surface area (Å²) in [6.07, 6.45) is 3.85. The summed E-state index contributed by atoms with van der Waals surface area (Å²) >= 11 is 18.0. The zero-order valence-electron chi connectivity index (χ0n) is 9.41. The minimum absolute atomic E-state index is 0.223. The Morgan fingerprint density at radius 3 is 2.56 bits per heavy atom. The Labute approximate surface area is 121 Å². The molecule has 2 N–H and O–H groups in total. The molecule has 0 saturated heterocycles. The Kier molecular flexibility index (Phi) is 4.46. The van der Waals surface area contributed by atoms with E-state index in [1.807, 2.05) is 12.1 Å². The van der Waals surface area contributed by atoms with Gasteiger partial charge >= 0.3 is 0 Å². The molecule has 94 valence electrons. The predicted molar refractivity (Wildman–Crippen MR) is 76.3 cm³/mol. The minimum atomic E-state index is -0.223. The van der Waals surface area contributed by atoms with Crippen LogP contribution < -0.4 is 5.73 Å². The summed E-state index contributed by atoms with van der Waals surface area (Å²) in [5.74, 6) is 0. The van der Waals surface area contributed by atoms with E-state index in [1.165, 1.54) is 0 Å². The first-order valence-corrected chi connectivity index (χ1v) is 6.50. The first-order valence-electron chi connectivity index (χ1n) is 5.37. The zero-order chi connectivity index (χ0) is 13.1. The maximum Gasteiger partial charge on any atom is 0.0637 e. The Morgan fingerprint density at radius 2 is 1.89 bits per heavy atom. The molecule has 1 aromatic heterocycles. The topological polar surface area (TPSA) is 38.9 Å². The number of hydrogen-bond donors (Lipinski definition) is 1. The van der Waals surface area contributed by atoms with Crippen LogP contribution in [0.1, 0.15) is 17.2 Å². The van der Waals surface area contributed by atoms with Gasteiger partial charge in [0, 0.05) is 28.5 Å². The quantitative estimate of drug-likeness (QED) is 0.918. The van der Waals surface area contributed by atoms with Crippen molar-refractivity contribution in [3.05, 3.63) is 62.9 Å². The van der Waals surface area contributed by atoms with Crippen molar-refractivity contribution in [3.8, 4) is 0 Å². The smallest absolute Gasteiger partial charge is 0.0637 e. The minimum Gasteiger partial charge on any atom is -0.324 e. The lowest BCUT2D eigenvalue weighted by atomic mass is 10.0. The molecule has 0 aliphatic rings. The lowest BCUT2D eigenvalue weighted by Gasteiger charge is -2.14. The van der Waals surface area contributed by atoms with Gasteiger partial charge in [-0.25, -0.2) is 0 Å². The van der Waals surface area contributed by atoms with Crippen LogP contribution in [0.25, 0.3) is 0 Å². The van der Waals surface area contributed by atoms with Gasteiger partial charge in [0.1, 0.15) is 0 Å². The zero-order valence-corrected chi connectivity index (χ0v) is 11.7. The Balaban J connectivity index is 2.21. The van der Waals surface area contributed by atoms with E-state index in [9.17, 15) is 0 Å². The average Bonchev–Trinajstić information content (AvgIpc) is 2.33. The van der Waals surface area contributed by atoms with E-state index < -0.39 is 0 Å². The first kappa shape index (κ1) is 13.6. The van der Waals surface area contributed by atoms with Crippen LogP contribution in [0.3, 0.4) is 0 Å². The highest BCUT2D eigenvalue weighted by Gasteiger charge is 2.12. The number of rotatable bonds is 3.